The summed E-state index contributed by atoms with van der Waals surface area (Å²) in [6.45, 7) is 0. The van der Waals surface area contributed by atoms with E-state index in [-0.39, 0.29) is 23.5 Å². The third kappa shape index (κ3) is 2.84. The zero-order valence-corrected chi connectivity index (χ0v) is 12.6. The number of hydrogen-bond acceptors (Lipinski definition) is 2. The normalized spacial score (nSPS) is 28.2. The van der Waals surface area contributed by atoms with E-state index in [4.69, 9.17) is 0 Å². The summed E-state index contributed by atoms with van der Waals surface area (Å²) in [4.78, 5) is 13.0. The van der Waals surface area contributed by atoms with Gasteiger partial charge in [0.15, 0.2) is 0 Å². The van der Waals surface area contributed by atoms with Crippen molar-refractivity contribution in [1.82, 2.24) is 5.32 Å². The van der Waals surface area contributed by atoms with E-state index in [9.17, 15) is 9.90 Å². The van der Waals surface area contributed by atoms with Crippen molar-refractivity contribution < 1.29 is 9.90 Å². The third-order valence-electron chi connectivity index (χ3n) is 5.26. The Morgan fingerprint density at radius 2 is 1.71 bits per heavy atom. The minimum atomic E-state index is -0.378. The molecule has 3 nitrogen and oxygen atoms in total. The average molecular weight is 287 g/mol. The van der Waals surface area contributed by atoms with Crippen molar-refractivity contribution in [2.75, 3.05) is 0 Å². The molecule has 0 spiro atoms. The summed E-state index contributed by atoms with van der Waals surface area (Å²) in [6, 6.07) is 10.1. The molecule has 2 aliphatic carbocycles. The summed E-state index contributed by atoms with van der Waals surface area (Å²) >= 11 is 0. The van der Waals surface area contributed by atoms with Gasteiger partial charge in [-0.05, 0) is 31.2 Å². The van der Waals surface area contributed by atoms with Crippen molar-refractivity contribution in [3.63, 3.8) is 0 Å². The Bertz CT molecular complexity index is 479. The molecule has 0 saturated heterocycles. The lowest BCUT2D eigenvalue weighted by Gasteiger charge is -2.34. The van der Waals surface area contributed by atoms with Crippen LogP contribution in [0.2, 0.25) is 0 Å². The van der Waals surface area contributed by atoms with E-state index in [0.717, 1.165) is 56.9 Å². The van der Waals surface area contributed by atoms with E-state index in [1.165, 1.54) is 0 Å². The van der Waals surface area contributed by atoms with Crippen LogP contribution in [0.3, 0.4) is 0 Å². The van der Waals surface area contributed by atoms with E-state index >= 15 is 0 Å². The van der Waals surface area contributed by atoms with E-state index in [1.807, 2.05) is 18.2 Å². The Labute approximate surface area is 126 Å². The minimum Gasteiger partial charge on any atom is -0.391 e. The molecule has 0 aromatic heterocycles. The van der Waals surface area contributed by atoms with E-state index in [0.29, 0.717) is 0 Å². The average Bonchev–Trinajstić information content (AvgIpc) is 3.01. The van der Waals surface area contributed by atoms with Gasteiger partial charge in [-0.3, -0.25) is 4.79 Å². The SMILES string of the molecule is O=C(N[C@@H]1CCCC[C@H]1O)C1(c2ccccc2)CCCC1. The predicted molar refractivity (Wildman–Crippen MR) is 83.0 cm³/mol. The molecule has 0 heterocycles. The van der Waals surface area contributed by atoms with Crippen molar-refractivity contribution in [3.05, 3.63) is 35.9 Å². The Morgan fingerprint density at radius 1 is 1.05 bits per heavy atom. The number of benzene rings is 1. The van der Waals surface area contributed by atoms with Gasteiger partial charge < -0.3 is 10.4 Å². The molecule has 1 aromatic carbocycles. The highest BCUT2D eigenvalue weighted by Gasteiger charge is 2.43. The Hall–Kier alpha value is -1.35. The lowest BCUT2D eigenvalue weighted by Crippen LogP contribution is -2.51. The molecule has 2 N–H and O–H groups in total. The molecular formula is C18H25NO2. The van der Waals surface area contributed by atoms with Crippen LogP contribution >= 0.6 is 0 Å². The largest absolute Gasteiger partial charge is 0.391 e. The van der Waals surface area contributed by atoms with Crippen LogP contribution in [0.4, 0.5) is 0 Å². The number of amides is 1. The number of nitrogens with one attached hydrogen (secondary N) is 1. The molecule has 0 bridgehead atoms. The number of aliphatic hydroxyl groups excluding tert-OH is 1. The summed E-state index contributed by atoms with van der Waals surface area (Å²) in [6.07, 6.45) is 7.55. The van der Waals surface area contributed by atoms with Crippen LogP contribution < -0.4 is 5.32 Å². The van der Waals surface area contributed by atoms with E-state index < -0.39 is 0 Å². The van der Waals surface area contributed by atoms with Crippen LogP contribution in [-0.2, 0) is 10.2 Å². The smallest absolute Gasteiger partial charge is 0.230 e. The summed E-state index contributed by atoms with van der Waals surface area (Å²) < 4.78 is 0. The van der Waals surface area contributed by atoms with Gasteiger partial charge in [0.1, 0.15) is 0 Å². The first kappa shape index (κ1) is 14.6. The topological polar surface area (TPSA) is 49.3 Å². The van der Waals surface area contributed by atoms with Gasteiger partial charge >= 0.3 is 0 Å². The number of hydrogen-bond donors (Lipinski definition) is 2. The van der Waals surface area contributed by atoms with Gasteiger partial charge in [0.25, 0.3) is 0 Å². The molecule has 21 heavy (non-hydrogen) atoms. The molecule has 2 fully saturated rings. The Kier molecular flexibility index (Phi) is 4.29. The highest BCUT2D eigenvalue weighted by atomic mass is 16.3. The number of aliphatic hydroxyl groups is 1. The van der Waals surface area contributed by atoms with Gasteiger partial charge in [-0.2, -0.15) is 0 Å². The summed E-state index contributed by atoms with van der Waals surface area (Å²) in [7, 11) is 0. The molecule has 2 aliphatic rings. The molecule has 3 heteroatoms. The second-order valence-electron chi connectivity index (χ2n) is 6.59. The first-order valence-electron chi connectivity index (χ1n) is 8.27. The third-order valence-corrected chi connectivity index (χ3v) is 5.26. The second kappa shape index (κ2) is 6.18. The van der Waals surface area contributed by atoms with Gasteiger partial charge in [-0.25, -0.2) is 0 Å². The molecular weight excluding hydrogens is 262 g/mol. The summed E-state index contributed by atoms with van der Waals surface area (Å²) in [5.41, 5.74) is 0.753. The maximum atomic E-state index is 13.0. The first-order chi connectivity index (χ1) is 10.2. The van der Waals surface area contributed by atoms with Crippen LogP contribution in [0.5, 0.6) is 0 Å². The molecule has 2 atom stereocenters. The zero-order chi connectivity index (χ0) is 14.7. The Morgan fingerprint density at radius 3 is 2.38 bits per heavy atom. The molecule has 0 unspecified atom stereocenters. The van der Waals surface area contributed by atoms with Crippen molar-refractivity contribution >= 4 is 5.91 Å². The van der Waals surface area contributed by atoms with Crippen LogP contribution in [0, 0.1) is 0 Å². The van der Waals surface area contributed by atoms with Crippen LogP contribution in [0.1, 0.15) is 56.9 Å². The molecule has 3 rings (SSSR count). The van der Waals surface area contributed by atoms with Crippen LogP contribution in [-0.4, -0.2) is 23.2 Å². The molecule has 0 aliphatic heterocycles. The molecule has 114 valence electrons. The van der Waals surface area contributed by atoms with Gasteiger partial charge in [0, 0.05) is 0 Å². The number of rotatable bonds is 3. The fourth-order valence-corrected chi connectivity index (χ4v) is 3.97. The van der Waals surface area contributed by atoms with Crippen molar-refractivity contribution in [2.45, 2.75) is 68.9 Å². The lowest BCUT2D eigenvalue weighted by atomic mass is 9.77. The quantitative estimate of drug-likeness (QED) is 0.898. The van der Waals surface area contributed by atoms with Gasteiger partial charge in [-0.15, -0.1) is 0 Å². The number of carbonyl (C=O) groups is 1. The first-order valence-corrected chi connectivity index (χ1v) is 8.27. The van der Waals surface area contributed by atoms with Gasteiger partial charge in [-0.1, -0.05) is 56.0 Å². The monoisotopic (exact) mass is 287 g/mol. The summed E-state index contributed by atoms with van der Waals surface area (Å²) in [5.74, 6) is 0.122. The lowest BCUT2D eigenvalue weighted by molar-refractivity contribution is -0.128. The highest BCUT2D eigenvalue weighted by molar-refractivity contribution is 5.88. The standard InChI is InChI=1S/C18H25NO2/c20-16-11-5-4-10-15(16)19-17(21)18(12-6-7-13-18)14-8-2-1-3-9-14/h1-3,8-9,15-16,20H,4-7,10-13H2,(H,19,21)/t15-,16-/m1/s1. The van der Waals surface area contributed by atoms with Crippen molar-refractivity contribution in [1.29, 1.82) is 0 Å². The molecule has 1 aromatic rings. The predicted octanol–water partition coefficient (Wildman–Crippen LogP) is 2.92. The minimum absolute atomic E-state index is 0.0626. The van der Waals surface area contributed by atoms with Crippen molar-refractivity contribution in [3.8, 4) is 0 Å². The molecule has 1 amide bonds. The van der Waals surface area contributed by atoms with E-state index in [1.54, 1.807) is 0 Å². The van der Waals surface area contributed by atoms with Crippen LogP contribution in [0.25, 0.3) is 0 Å². The van der Waals surface area contributed by atoms with Gasteiger partial charge in [0.2, 0.25) is 5.91 Å². The van der Waals surface area contributed by atoms with E-state index in [2.05, 4.69) is 17.4 Å². The fraction of sp³-hybridized carbons (Fsp3) is 0.611. The summed E-state index contributed by atoms with van der Waals surface area (Å²) in [5, 5.41) is 13.3. The maximum absolute atomic E-state index is 13.0. The van der Waals surface area contributed by atoms with Gasteiger partial charge in [0.05, 0.1) is 17.6 Å². The zero-order valence-electron chi connectivity index (χ0n) is 12.6. The number of carbonyl (C=O) groups excluding carboxylic acids is 1. The van der Waals surface area contributed by atoms with Crippen LogP contribution in [0.15, 0.2) is 30.3 Å². The Balaban J connectivity index is 1.79. The molecule has 0 radical (unpaired) electrons. The fourth-order valence-electron chi connectivity index (χ4n) is 3.97. The molecule has 2 saturated carbocycles. The second-order valence-corrected chi connectivity index (χ2v) is 6.59. The highest BCUT2D eigenvalue weighted by Crippen LogP contribution is 2.41. The van der Waals surface area contributed by atoms with Crippen molar-refractivity contribution in [2.24, 2.45) is 0 Å². The maximum Gasteiger partial charge on any atom is 0.230 e.